The van der Waals surface area contributed by atoms with Crippen LogP contribution in [0.4, 0.5) is 0 Å². The van der Waals surface area contributed by atoms with Gasteiger partial charge in [-0.25, -0.2) is 0 Å². The average molecular weight is 196 g/mol. The maximum absolute atomic E-state index is 5.81. The van der Waals surface area contributed by atoms with Crippen LogP contribution in [0.15, 0.2) is 12.2 Å². The molecule has 0 radical (unpaired) electrons. The minimum Gasteiger partial charge on any atom is -0.367 e. The quantitative estimate of drug-likeness (QED) is 0.624. The Kier molecular flexibility index (Phi) is 3.77. The van der Waals surface area contributed by atoms with E-state index in [4.69, 9.17) is 4.74 Å². The summed E-state index contributed by atoms with van der Waals surface area (Å²) in [6, 6.07) is 0. The Bertz CT molecular complexity index is 209. The summed E-state index contributed by atoms with van der Waals surface area (Å²) < 4.78 is 5.81. The zero-order chi connectivity index (χ0) is 10.8. The highest BCUT2D eigenvalue weighted by Crippen LogP contribution is 2.36. The maximum atomic E-state index is 5.81. The van der Waals surface area contributed by atoms with Crippen LogP contribution in [-0.2, 0) is 4.74 Å². The molecule has 1 nitrogen and oxygen atoms in total. The van der Waals surface area contributed by atoms with Crippen molar-refractivity contribution in [2.45, 2.75) is 46.6 Å². The molecule has 3 unspecified atom stereocenters. The van der Waals surface area contributed by atoms with Crippen molar-refractivity contribution in [3.05, 3.63) is 12.2 Å². The summed E-state index contributed by atoms with van der Waals surface area (Å²) in [7, 11) is 0. The van der Waals surface area contributed by atoms with Crippen molar-refractivity contribution in [1.82, 2.24) is 0 Å². The van der Waals surface area contributed by atoms with Crippen LogP contribution in [0.3, 0.4) is 0 Å². The second-order valence-corrected chi connectivity index (χ2v) is 4.93. The Labute approximate surface area is 88.5 Å². The van der Waals surface area contributed by atoms with E-state index in [0.29, 0.717) is 11.8 Å². The molecule has 1 rings (SSSR count). The highest BCUT2D eigenvalue weighted by atomic mass is 16.5. The van der Waals surface area contributed by atoms with Gasteiger partial charge in [-0.3, -0.25) is 0 Å². The summed E-state index contributed by atoms with van der Waals surface area (Å²) in [5.41, 5.74) is -0.0250. The van der Waals surface area contributed by atoms with Crippen LogP contribution in [0.1, 0.15) is 41.0 Å². The van der Waals surface area contributed by atoms with Crippen LogP contribution >= 0.6 is 0 Å². The fourth-order valence-corrected chi connectivity index (χ4v) is 2.23. The smallest absolute Gasteiger partial charge is 0.0867 e. The molecular weight excluding hydrogens is 172 g/mol. The zero-order valence-corrected chi connectivity index (χ0v) is 10.2. The van der Waals surface area contributed by atoms with Crippen LogP contribution in [0.2, 0.25) is 0 Å². The zero-order valence-electron chi connectivity index (χ0n) is 10.2. The van der Waals surface area contributed by atoms with Crippen LogP contribution in [0, 0.1) is 17.8 Å². The van der Waals surface area contributed by atoms with Gasteiger partial charge in [0.1, 0.15) is 0 Å². The van der Waals surface area contributed by atoms with E-state index in [0.717, 1.165) is 12.5 Å². The van der Waals surface area contributed by atoms with Gasteiger partial charge in [-0.1, -0.05) is 46.3 Å². The molecule has 14 heavy (non-hydrogen) atoms. The predicted octanol–water partition coefficient (Wildman–Crippen LogP) is 3.65. The summed E-state index contributed by atoms with van der Waals surface area (Å²) in [5.74, 6) is 2.09. The topological polar surface area (TPSA) is 9.23 Å². The highest BCUT2D eigenvalue weighted by molar-refractivity contribution is 5.08. The number of ether oxygens (including phenoxy) is 1. The van der Waals surface area contributed by atoms with E-state index in [-0.39, 0.29) is 5.60 Å². The van der Waals surface area contributed by atoms with Crippen LogP contribution in [0.25, 0.3) is 0 Å². The summed E-state index contributed by atoms with van der Waals surface area (Å²) in [6.45, 7) is 12.3. The Morgan fingerprint density at radius 3 is 2.43 bits per heavy atom. The Balaban J connectivity index is 2.63. The number of hydrogen-bond donors (Lipinski definition) is 0. The molecule has 1 aliphatic rings. The SMILES string of the molecule is CC[C@@H](C)C(C)C(C)C1(C)C=CCO1. The third-order valence-corrected chi connectivity index (χ3v) is 4.17. The Hall–Kier alpha value is -0.300. The van der Waals surface area contributed by atoms with E-state index >= 15 is 0 Å². The van der Waals surface area contributed by atoms with Crippen LogP contribution in [0.5, 0.6) is 0 Å². The molecule has 0 amide bonds. The van der Waals surface area contributed by atoms with Gasteiger partial charge in [-0.15, -0.1) is 0 Å². The molecule has 82 valence electrons. The van der Waals surface area contributed by atoms with Crippen molar-refractivity contribution in [2.75, 3.05) is 6.61 Å². The summed E-state index contributed by atoms with van der Waals surface area (Å²) in [5, 5.41) is 0. The second-order valence-electron chi connectivity index (χ2n) is 4.93. The molecule has 0 saturated heterocycles. The van der Waals surface area contributed by atoms with Crippen molar-refractivity contribution >= 4 is 0 Å². The van der Waals surface area contributed by atoms with Crippen LogP contribution in [-0.4, -0.2) is 12.2 Å². The van der Waals surface area contributed by atoms with Gasteiger partial charge in [0.15, 0.2) is 0 Å². The predicted molar refractivity (Wildman–Crippen MR) is 61.3 cm³/mol. The first-order valence-electron chi connectivity index (χ1n) is 5.83. The third kappa shape index (κ3) is 2.20. The molecule has 0 aromatic heterocycles. The van der Waals surface area contributed by atoms with E-state index in [9.17, 15) is 0 Å². The first kappa shape index (κ1) is 11.8. The molecule has 0 aromatic rings. The van der Waals surface area contributed by atoms with Gasteiger partial charge in [0.2, 0.25) is 0 Å². The second kappa shape index (κ2) is 4.48. The van der Waals surface area contributed by atoms with E-state index in [2.05, 4.69) is 46.8 Å². The lowest BCUT2D eigenvalue weighted by molar-refractivity contribution is -0.0273. The lowest BCUT2D eigenvalue weighted by Gasteiger charge is -2.36. The number of rotatable bonds is 4. The van der Waals surface area contributed by atoms with Gasteiger partial charge in [0, 0.05) is 0 Å². The molecule has 1 heterocycles. The minimum absolute atomic E-state index is 0.0250. The first-order chi connectivity index (χ1) is 6.51. The molecule has 4 atom stereocenters. The Morgan fingerprint density at radius 1 is 1.36 bits per heavy atom. The normalized spacial score (nSPS) is 32.9. The van der Waals surface area contributed by atoms with Gasteiger partial charge in [-0.05, 0) is 24.7 Å². The lowest BCUT2D eigenvalue weighted by atomic mass is 9.75. The van der Waals surface area contributed by atoms with Gasteiger partial charge in [0.05, 0.1) is 12.2 Å². The van der Waals surface area contributed by atoms with Crippen molar-refractivity contribution < 1.29 is 4.74 Å². The first-order valence-corrected chi connectivity index (χ1v) is 5.83. The van der Waals surface area contributed by atoms with E-state index in [1.165, 1.54) is 6.42 Å². The molecule has 1 heteroatoms. The van der Waals surface area contributed by atoms with E-state index in [1.54, 1.807) is 0 Å². The van der Waals surface area contributed by atoms with E-state index in [1.807, 2.05) is 0 Å². The maximum Gasteiger partial charge on any atom is 0.0867 e. The number of hydrogen-bond acceptors (Lipinski definition) is 1. The van der Waals surface area contributed by atoms with Gasteiger partial charge in [-0.2, -0.15) is 0 Å². The minimum atomic E-state index is -0.0250. The molecule has 0 saturated carbocycles. The molecule has 0 aromatic carbocycles. The molecule has 0 aliphatic carbocycles. The fraction of sp³-hybridized carbons (Fsp3) is 0.846. The standard InChI is InChI=1S/C13H24O/c1-6-10(2)11(3)12(4)13(5)8-7-9-14-13/h7-8,10-12H,6,9H2,1-5H3/t10-,11?,12?,13?/m1/s1. The summed E-state index contributed by atoms with van der Waals surface area (Å²) >= 11 is 0. The van der Waals surface area contributed by atoms with E-state index < -0.39 is 0 Å². The third-order valence-electron chi connectivity index (χ3n) is 4.17. The highest BCUT2D eigenvalue weighted by Gasteiger charge is 2.36. The average Bonchev–Trinajstić information content (AvgIpc) is 2.63. The molecule has 0 N–H and O–H groups in total. The summed E-state index contributed by atoms with van der Waals surface area (Å²) in [6.07, 6.45) is 5.63. The van der Waals surface area contributed by atoms with Crippen LogP contribution < -0.4 is 0 Å². The van der Waals surface area contributed by atoms with Crippen molar-refractivity contribution in [3.8, 4) is 0 Å². The lowest BCUT2D eigenvalue weighted by Crippen LogP contribution is -2.37. The van der Waals surface area contributed by atoms with Crippen molar-refractivity contribution in [3.63, 3.8) is 0 Å². The molecule has 0 spiro atoms. The monoisotopic (exact) mass is 196 g/mol. The molecular formula is C13H24O. The van der Waals surface area contributed by atoms with Gasteiger partial charge in [0.25, 0.3) is 0 Å². The fourth-order valence-electron chi connectivity index (χ4n) is 2.23. The molecule has 0 bridgehead atoms. The van der Waals surface area contributed by atoms with Crippen molar-refractivity contribution in [1.29, 1.82) is 0 Å². The van der Waals surface area contributed by atoms with Crippen molar-refractivity contribution in [2.24, 2.45) is 17.8 Å². The molecule has 0 fully saturated rings. The Morgan fingerprint density at radius 2 is 2.00 bits per heavy atom. The van der Waals surface area contributed by atoms with Gasteiger partial charge < -0.3 is 4.74 Å². The van der Waals surface area contributed by atoms with Gasteiger partial charge >= 0.3 is 0 Å². The largest absolute Gasteiger partial charge is 0.367 e. The summed E-state index contributed by atoms with van der Waals surface area (Å²) in [4.78, 5) is 0. The molecule has 1 aliphatic heterocycles.